The van der Waals surface area contributed by atoms with Gasteiger partial charge in [0.15, 0.2) is 21.3 Å². The molecular weight excluding hydrogens is 437 g/mol. The molecule has 0 bridgehead atoms. The van der Waals surface area contributed by atoms with Crippen LogP contribution in [0, 0.1) is 12.7 Å². The number of aromatic nitrogens is 5. The van der Waals surface area contributed by atoms with Crippen LogP contribution >= 0.6 is 0 Å². The molecule has 0 spiro atoms. The molecule has 0 radical (unpaired) electrons. The van der Waals surface area contributed by atoms with E-state index in [1.165, 1.54) is 31.5 Å². The van der Waals surface area contributed by atoms with Crippen LogP contribution < -0.4 is 15.0 Å². The van der Waals surface area contributed by atoms with Crippen molar-refractivity contribution in [3.8, 4) is 5.75 Å². The molecule has 0 amide bonds. The van der Waals surface area contributed by atoms with Gasteiger partial charge < -0.3 is 15.0 Å². The van der Waals surface area contributed by atoms with Crippen molar-refractivity contribution in [3.63, 3.8) is 0 Å². The number of hydrogen-bond acceptors (Lipinski definition) is 9. The van der Waals surface area contributed by atoms with E-state index in [0.29, 0.717) is 34.1 Å². The first-order valence-electron chi connectivity index (χ1n) is 9.40. The molecule has 4 rings (SSSR count). The molecule has 4 aromatic rings. The molecule has 0 saturated carbocycles. The van der Waals surface area contributed by atoms with Crippen molar-refractivity contribution in [2.24, 2.45) is 0 Å². The number of aromatic amines is 1. The Labute approximate surface area is 183 Å². The highest BCUT2D eigenvalue weighted by atomic mass is 32.2. The van der Waals surface area contributed by atoms with Crippen LogP contribution in [-0.4, -0.2) is 54.0 Å². The number of rotatable bonds is 6. The summed E-state index contributed by atoms with van der Waals surface area (Å²) in [4.78, 5) is 14.6. The van der Waals surface area contributed by atoms with Crippen LogP contribution in [0.25, 0.3) is 11.0 Å². The van der Waals surface area contributed by atoms with Gasteiger partial charge in [-0.1, -0.05) is 0 Å². The quantitative estimate of drug-likeness (QED) is 0.449. The topological polar surface area (TPSA) is 126 Å². The van der Waals surface area contributed by atoms with Gasteiger partial charge in [0.05, 0.1) is 23.1 Å². The average Bonchev–Trinajstić information content (AvgIpc) is 3.15. The summed E-state index contributed by atoms with van der Waals surface area (Å²) >= 11 is 0. The van der Waals surface area contributed by atoms with Crippen molar-refractivity contribution >= 4 is 44.1 Å². The number of methoxy groups -OCH3 is 1. The first-order valence-corrected chi connectivity index (χ1v) is 11.3. The zero-order valence-corrected chi connectivity index (χ0v) is 18.5. The zero-order chi connectivity index (χ0) is 23.0. The van der Waals surface area contributed by atoms with Gasteiger partial charge in [-0.15, -0.1) is 0 Å². The largest absolute Gasteiger partial charge is 0.497 e. The predicted molar refractivity (Wildman–Crippen MR) is 118 cm³/mol. The Morgan fingerprint density at radius 3 is 2.69 bits per heavy atom. The number of benzene rings is 1. The van der Waals surface area contributed by atoms with Crippen molar-refractivity contribution in [1.82, 2.24) is 25.1 Å². The van der Waals surface area contributed by atoms with Gasteiger partial charge in [-0.3, -0.25) is 5.10 Å². The maximum absolute atomic E-state index is 14.0. The molecule has 3 aromatic heterocycles. The summed E-state index contributed by atoms with van der Waals surface area (Å²) in [7, 11) is -0.268. The van der Waals surface area contributed by atoms with E-state index in [4.69, 9.17) is 4.74 Å². The molecule has 10 nitrogen and oxygen atoms in total. The molecular formula is C20H20FN7O3S. The second kappa shape index (κ2) is 8.04. The van der Waals surface area contributed by atoms with E-state index in [-0.39, 0.29) is 16.5 Å². The lowest BCUT2D eigenvalue weighted by atomic mass is 10.2. The Morgan fingerprint density at radius 1 is 1.19 bits per heavy atom. The summed E-state index contributed by atoms with van der Waals surface area (Å²) in [6, 6.07) is 7.57. The molecule has 0 unspecified atom stereocenters. The number of nitrogens with one attached hydrogen (secondary N) is 2. The van der Waals surface area contributed by atoms with Crippen LogP contribution in [0.15, 0.2) is 41.4 Å². The van der Waals surface area contributed by atoms with E-state index in [9.17, 15) is 12.8 Å². The van der Waals surface area contributed by atoms with Crippen LogP contribution in [0.2, 0.25) is 0 Å². The molecule has 0 saturated heterocycles. The SMILES string of the molecule is COc1cc(Nc2nccc(N(C)c3n[nH]c4nc(C)c(F)cc34)n2)cc(S(C)(=O)=O)c1. The minimum Gasteiger partial charge on any atom is -0.497 e. The summed E-state index contributed by atoms with van der Waals surface area (Å²) in [5.41, 5.74) is 1.18. The first-order chi connectivity index (χ1) is 15.2. The highest BCUT2D eigenvalue weighted by molar-refractivity contribution is 7.90. The number of H-pyrrole nitrogens is 1. The highest BCUT2D eigenvalue weighted by Crippen LogP contribution is 2.29. The minimum atomic E-state index is -3.45. The first kappa shape index (κ1) is 21.4. The highest BCUT2D eigenvalue weighted by Gasteiger charge is 2.17. The van der Waals surface area contributed by atoms with Gasteiger partial charge in [0.2, 0.25) is 5.95 Å². The molecule has 12 heteroatoms. The maximum atomic E-state index is 14.0. The van der Waals surface area contributed by atoms with Crippen molar-refractivity contribution in [2.45, 2.75) is 11.8 Å². The van der Waals surface area contributed by atoms with Gasteiger partial charge in [-0.05, 0) is 31.2 Å². The minimum absolute atomic E-state index is 0.0976. The molecule has 32 heavy (non-hydrogen) atoms. The van der Waals surface area contributed by atoms with Crippen molar-refractivity contribution < 1.29 is 17.5 Å². The van der Waals surface area contributed by atoms with Crippen LogP contribution in [0.4, 0.5) is 27.7 Å². The lowest BCUT2D eigenvalue weighted by Gasteiger charge is -2.16. The number of nitrogens with zero attached hydrogens (tertiary/aromatic N) is 5. The average molecular weight is 457 g/mol. The van der Waals surface area contributed by atoms with Gasteiger partial charge >= 0.3 is 0 Å². The number of sulfone groups is 1. The van der Waals surface area contributed by atoms with Gasteiger partial charge in [0.25, 0.3) is 0 Å². The fourth-order valence-electron chi connectivity index (χ4n) is 3.07. The molecule has 1 aromatic carbocycles. The lowest BCUT2D eigenvalue weighted by Crippen LogP contribution is -2.13. The maximum Gasteiger partial charge on any atom is 0.229 e. The van der Waals surface area contributed by atoms with E-state index in [1.54, 1.807) is 31.0 Å². The zero-order valence-electron chi connectivity index (χ0n) is 17.7. The van der Waals surface area contributed by atoms with Crippen molar-refractivity contribution in [2.75, 3.05) is 30.6 Å². The third-order valence-electron chi connectivity index (χ3n) is 4.76. The van der Waals surface area contributed by atoms with E-state index in [1.807, 2.05) is 0 Å². The second-order valence-electron chi connectivity index (χ2n) is 7.09. The van der Waals surface area contributed by atoms with E-state index >= 15 is 0 Å². The molecule has 0 aliphatic carbocycles. The van der Waals surface area contributed by atoms with E-state index in [2.05, 4.69) is 30.5 Å². The number of ether oxygens (including phenoxy) is 1. The smallest absolute Gasteiger partial charge is 0.229 e. The summed E-state index contributed by atoms with van der Waals surface area (Å²) < 4.78 is 43.2. The van der Waals surface area contributed by atoms with Crippen molar-refractivity contribution in [1.29, 1.82) is 0 Å². The second-order valence-corrected chi connectivity index (χ2v) is 9.11. The predicted octanol–water partition coefficient (Wildman–Crippen LogP) is 3.12. The van der Waals surface area contributed by atoms with Crippen LogP contribution in [0.1, 0.15) is 5.69 Å². The molecule has 0 aliphatic heterocycles. The van der Waals surface area contributed by atoms with E-state index < -0.39 is 15.7 Å². The Bertz CT molecular complexity index is 1420. The molecule has 3 heterocycles. The Hall–Kier alpha value is -3.80. The van der Waals surface area contributed by atoms with E-state index in [0.717, 1.165) is 6.26 Å². The number of halogens is 1. The number of fused-ring (bicyclic) bond motifs is 1. The Kier molecular flexibility index (Phi) is 5.38. The Balaban J connectivity index is 1.67. The lowest BCUT2D eigenvalue weighted by molar-refractivity contribution is 0.413. The van der Waals surface area contributed by atoms with Gasteiger partial charge in [0, 0.05) is 31.3 Å². The number of pyridine rings is 1. The molecule has 0 aliphatic rings. The number of anilines is 4. The standard InChI is InChI=1S/C20H20FN7O3S/c1-11-16(21)10-15-18(23-11)26-27-19(15)28(2)17-5-6-22-20(25-17)24-12-7-13(31-3)9-14(8-12)32(4,29)30/h5-10H,1-4H3,(H,22,24,25)(H,23,26,27). The molecule has 166 valence electrons. The van der Waals surface area contributed by atoms with Crippen LogP contribution in [-0.2, 0) is 9.84 Å². The van der Waals surface area contributed by atoms with Crippen LogP contribution in [0.3, 0.4) is 0 Å². The number of hydrogen-bond donors (Lipinski definition) is 2. The summed E-state index contributed by atoms with van der Waals surface area (Å²) in [6.45, 7) is 1.58. The van der Waals surface area contributed by atoms with Gasteiger partial charge in [-0.2, -0.15) is 10.1 Å². The monoisotopic (exact) mass is 457 g/mol. The third-order valence-corrected chi connectivity index (χ3v) is 5.85. The summed E-state index contributed by atoms with van der Waals surface area (Å²) in [5, 5.41) is 10.5. The molecule has 0 atom stereocenters. The third kappa shape index (κ3) is 4.17. The summed E-state index contributed by atoms with van der Waals surface area (Å²) in [5.74, 6) is 1.08. The summed E-state index contributed by atoms with van der Waals surface area (Å²) in [6.07, 6.45) is 2.65. The van der Waals surface area contributed by atoms with Gasteiger partial charge in [-0.25, -0.2) is 22.8 Å². The fraction of sp³-hybridized carbons (Fsp3) is 0.200. The normalized spacial score (nSPS) is 11.5. The number of aryl methyl sites for hydroxylation is 1. The van der Waals surface area contributed by atoms with Crippen molar-refractivity contribution in [3.05, 3.63) is 48.0 Å². The molecule has 2 N–H and O–H groups in total. The fourth-order valence-corrected chi connectivity index (χ4v) is 3.74. The van der Waals surface area contributed by atoms with Crippen LogP contribution in [0.5, 0.6) is 5.75 Å². The van der Waals surface area contributed by atoms with Gasteiger partial charge in [0.1, 0.15) is 17.4 Å². The molecule has 0 fully saturated rings. The Morgan fingerprint density at radius 2 is 1.97 bits per heavy atom.